The van der Waals surface area contributed by atoms with Gasteiger partial charge in [0.25, 0.3) is 0 Å². The van der Waals surface area contributed by atoms with Gasteiger partial charge in [0.1, 0.15) is 0 Å². The number of aliphatic carboxylic acids is 1. The number of rotatable bonds is 2. The van der Waals surface area contributed by atoms with E-state index in [9.17, 15) is 9.59 Å². The number of nitrogens with zero attached hydrogens (tertiary/aromatic N) is 3. The summed E-state index contributed by atoms with van der Waals surface area (Å²) in [7, 11) is 1.75. The molecule has 80 valence electrons. The smallest absolute Gasteiger partial charge is 0.308 e. The van der Waals surface area contributed by atoms with Gasteiger partial charge in [0.2, 0.25) is 5.91 Å². The summed E-state index contributed by atoms with van der Waals surface area (Å²) in [6.07, 6.45) is 3.33. The normalized spacial score (nSPS) is 21.0. The maximum Gasteiger partial charge on any atom is 0.308 e. The summed E-state index contributed by atoms with van der Waals surface area (Å²) in [6, 6.07) is 0. The fourth-order valence-corrected chi connectivity index (χ4v) is 1.67. The van der Waals surface area contributed by atoms with E-state index in [0.29, 0.717) is 5.69 Å². The predicted molar refractivity (Wildman–Crippen MR) is 51.3 cm³/mol. The number of amides is 1. The first-order valence-electron chi connectivity index (χ1n) is 4.59. The van der Waals surface area contributed by atoms with Crippen molar-refractivity contribution in [1.82, 2.24) is 9.78 Å². The van der Waals surface area contributed by atoms with Crippen molar-refractivity contribution < 1.29 is 14.7 Å². The number of aromatic nitrogens is 2. The summed E-state index contributed by atoms with van der Waals surface area (Å²) in [5.41, 5.74) is 0.659. The van der Waals surface area contributed by atoms with Gasteiger partial charge in [0.05, 0.1) is 17.8 Å². The molecule has 0 bridgehead atoms. The summed E-state index contributed by atoms with van der Waals surface area (Å²) in [4.78, 5) is 23.7. The highest BCUT2D eigenvalue weighted by Gasteiger charge is 2.35. The summed E-state index contributed by atoms with van der Waals surface area (Å²) < 4.78 is 1.58. The van der Waals surface area contributed by atoms with Crippen LogP contribution in [0.4, 0.5) is 5.69 Å². The fourth-order valence-electron chi connectivity index (χ4n) is 1.67. The molecule has 2 rings (SSSR count). The molecule has 6 heteroatoms. The van der Waals surface area contributed by atoms with Crippen LogP contribution in [0.1, 0.15) is 6.42 Å². The Hall–Kier alpha value is -1.85. The van der Waals surface area contributed by atoms with Crippen LogP contribution in [0.2, 0.25) is 0 Å². The number of carbonyl (C=O) groups excluding carboxylic acids is 1. The van der Waals surface area contributed by atoms with E-state index in [2.05, 4.69) is 5.10 Å². The minimum absolute atomic E-state index is 0.0736. The molecular weight excluding hydrogens is 198 g/mol. The Morgan fingerprint density at radius 2 is 2.40 bits per heavy atom. The summed E-state index contributed by atoms with van der Waals surface area (Å²) in [5.74, 6) is -1.68. The van der Waals surface area contributed by atoms with Crippen molar-refractivity contribution in [3.05, 3.63) is 12.4 Å². The van der Waals surface area contributed by atoms with Crippen LogP contribution in [0.25, 0.3) is 0 Å². The zero-order chi connectivity index (χ0) is 11.0. The average Bonchev–Trinajstić information content (AvgIpc) is 2.71. The van der Waals surface area contributed by atoms with E-state index in [0.717, 1.165) is 0 Å². The first-order chi connectivity index (χ1) is 7.08. The number of aryl methyl sites for hydroxylation is 1. The third kappa shape index (κ3) is 1.70. The Labute approximate surface area is 86.1 Å². The van der Waals surface area contributed by atoms with Crippen LogP contribution in [0.3, 0.4) is 0 Å². The van der Waals surface area contributed by atoms with Crippen LogP contribution in [0.5, 0.6) is 0 Å². The quantitative estimate of drug-likeness (QED) is 0.735. The molecule has 0 radical (unpaired) electrons. The van der Waals surface area contributed by atoms with Crippen molar-refractivity contribution in [1.29, 1.82) is 0 Å². The lowest BCUT2D eigenvalue weighted by Crippen LogP contribution is -2.25. The van der Waals surface area contributed by atoms with Gasteiger partial charge in [-0.1, -0.05) is 0 Å². The fraction of sp³-hybridized carbons (Fsp3) is 0.444. The predicted octanol–water partition coefficient (Wildman–Crippen LogP) is -0.142. The molecule has 1 amide bonds. The van der Waals surface area contributed by atoms with E-state index in [4.69, 9.17) is 5.11 Å². The van der Waals surface area contributed by atoms with E-state index in [1.807, 2.05) is 0 Å². The topological polar surface area (TPSA) is 75.4 Å². The molecule has 0 spiro atoms. The Bertz CT molecular complexity index is 412. The molecule has 1 atom stereocenters. The van der Waals surface area contributed by atoms with Crippen LogP contribution >= 0.6 is 0 Å². The molecule has 0 aromatic carbocycles. The number of hydrogen-bond donors (Lipinski definition) is 1. The molecule has 6 nitrogen and oxygen atoms in total. The van der Waals surface area contributed by atoms with Crippen molar-refractivity contribution in [2.75, 3.05) is 11.4 Å². The Morgan fingerprint density at radius 1 is 1.67 bits per heavy atom. The number of hydrogen-bond acceptors (Lipinski definition) is 3. The number of carbonyl (C=O) groups is 2. The van der Waals surface area contributed by atoms with Crippen molar-refractivity contribution in [3.63, 3.8) is 0 Å². The highest BCUT2D eigenvalue weighted by molar-refractivity contribution is 5.98. The molecule has 1 fully saturated rings. The Kier molecular flexibility index (Phi) is 2.18. The van der Waals surface area contributed by atoms with E-state index in [-0.39, 0.29) is 18.9 Å². The van der Waals surface area contributed by atoms with Gasteiger partial charge in [-0.2, -0.15) is 5.10 Å². The van der Waals surface area contributed by atoms with Crippen molar-refractivity contribution in [2.24, 2.45) is 13.0 Å². The van der Waals surface area contributed by atoms with Gasteiger partial charge in [-0.05, 0) is 0 Å². The van der Waals surface area contributed by atoms with Gasteiger partial charge in [-0.3, -0.25) is 14.3 Å². The van der Waals surface area contributed by atoms with E-state index in [1.165, 1.54) is 4.90 Å². The maximum atomic E-state index is 11.5. The van der Waals surface area contributed by atoms with Crippen molar-refractivity contribution >= 4 is 17.6 Å². The Balaban J connectivity index is 2.18. The van der Waals surface area contributed by atoms with Crippen LogP contribution in [-0.2, 0) is 16.6 Å². The van der Waals surface area contributed by atoms with Gasteiger partial charge in [0, 0.05) is 26.2 Å². The maximum absolute atomic E-state index is 11.5. The van der Waals surface area contributed by atoms with Crippen molar-refractivity contribution in [2.45, 2.75) is 6.42 Å². The minimum atomic E-state index is -0.922. The van der Waals surface area contributed by atoms with Crippen LogP contribution in [0, 0.1) is 5.92 Å². The minimum Gasteiger partial charge on any atom is -0.481 e. The molecule has 1 saturated heterocycles. The Morgan fingerprint density at radius 3 is 2.87 bits per heavy atom. The van der Waals surface area contributed by atoms with Crippen molar-refractivity contribution in [3.8, 4) is 0 Å². The zero-order valence-corrected chi connectivity index (χ0v) is 8.25. The molecule has 15 heavy (non-hydrogen) atoms. The molecule has 1 aromatic rings. The van der Waals surface area contributed by atoms with Gasteiger partial charge in [-0.25, -0.2) is 0 Å². The second-order valence-electron chi connectivity index (χ2n) is 3.62. The highest BCUT2D eigenvalue weighted by atomic mass is 16.4. The van der Waals surface area contributed by atoms with Gasteiger partial charge < -0.3 is 10.0 Å². The van der Waals surface area contributed by atoms with Gasteiger partial charge in [0.15, 0.2) is 0 Å². The largest absolute Gasteiger partial charge is 0.481 e. The van der Waals surface area contributed by atoms with E-state index >= 15 is 0 Å². The first kappa shape index (κ1) is 9.70. The molecular formula is C9H11N3O3. The lowest BCUT2D eigenvalue weighted by atomic mass is 10.1. The van der Waals surface area contributed by atoms with Crippen LogP contribution in [0.15, 0.2) is 12.4 Å². The monoisotopic (exact) mass is 209 g/mol. The van der Waals surface area contributed by atoms with E-state index in [1.54, 1.807) is 24.1 Å². The summed E-state index contributed by atoms with van der Waals surface area (Å²) in [5, 5.41) is 12.7. The highest BCUT2D eigenvalue weighted by Crippen LogP contribution is 2.24. The molecule has 1 N–H and O–H groups in total. The molecule has 1 unspecified atom stereocenters. The van der Waals surface area contributed by atoms with Gasteiger partial charge >= 0.3 is 5.97 Å². The van der Waals surface area contributed by atoms with Crippen LogP contribution in [-0.4, -0.2) is 33.3 Å². The molecule has 2 heterocycles. The molecule has 1 aromatic heterocycles. The third-order valence-electron chi connectivity index (χ3n) is 2.48. The lowest BCUT2D eigenvalue weighted by molar-refractivity contribution is -0.141. The average molecular weight is 209 g/mol. The number of anilines is 1. The van der Waals surface area contributed by atoms with Crippen LogP contribution < -0.4 is 4.90 Å². The second kappa shape index (κ2) is 3.38. The molecule has 0 saturated carbocycles. The zero-order valence-electron chi connectivity index (χ0n) is 8.25. The summed E-state index contributed by atoms with van der Waals surface area (Å²) >= 11 is 0. The number of carboxylic acid groups (broad SMARTS) is 1. The second-order valence-corrected chi connectivity index (χ2v) is 3.62. The summed E-state index contributed by atoms with van der Waals surface area (Å²) in [6.45, 7) is 0.236. The third-order valence-corrected chi connectivity index (χ3v) is 2.48. The van der Waals surface area contributed by atoms with E-state index < -0.39 is 11.9 Å². The standard InChI is InChI=1S/C9H11N3O3/c1-11-5-7(3-10-11)12-4-6(9(14)15)2-8(12)13/h3,5-6H,2,4H2,1H3,(H,14,15). The number of carboxylic acids is 1. The lowest BCUT2D eigenvalue weighted by Gasteiger charge is -2.12. The first-order valence-corrected chi connectivity index (χ1v) is 4.59. The molecule has 1 aliphatic heterocycles. The van der Waals surface area contributed by atoms with Gasteiger partial charge in [-0.15, -0.1) is 0 Å². The molecule has 1 aliphatic rings. The molecule has 0 aliphatic carbocycles. The SMILES string of the molecule is Cn1cc(N2CC(C(=O)O)CC2=O)cn1.